The van der Waals surface area contributed by atoms with Crippen LogP contribution in [0.3, 0.4) is 0 Å². The zero-order valence-electron chi connectivity index (χ0n) is 16.6. The molecule has 0 saturated carbocycles. The standard InChI is InChI=1S/C22H27N3O4/c1-2-21(26)24-17-7-3-6-16(12-17)23-14-22(27)25-18-8-4-9-19(13-18)29-15-20-10-5-11-28-20/h3-4,6-9,12-13,20,23H,2,5,10-11,14-15H2,1H3,(H,24,26)(H,25,27). The summed E-state index contributed by atoms with van der Waals surface area (Å²) < 4.78 is 11.3. The molecule has 0 aromatic heterocycles. The van der Waals surface area contributed by atoms with Crippen molar-refractivity contribution in [1.29, 1.82) is 0 Å². The topological polar surface area (TPSA) is 88.7 Å². The minimum absolute atomic E-state index is 0.0542. The fraction of sp³-hybridized carbons (Fsp3) is 0.364. The SMILES string of the molecule is CCC(=O)Nc1cccc(NCC(=O)Nc2cccc(OCC3CCCO3)c2)c1. The molecule has 1 saturated heterocycles. The molecule has 3 N–H and O–H groups in total. The van der Waals surface area contributed by atoms with Gasteiger partial charge in [0.15, 0.2) is 0 Å². The van der Waals surface area contributed by atoms with Crippen LogP contribution in [0.15, 0.2) is 48.5 Å². The third-order valence-electron chi connectivity index (χ3n) is 4.50. The zero-order valence-corrected chi connectivity index (χ0v) is 16.6. The molecule has 2 aromatic carbocycles. The fourth-order valence-corrected chi connectivity index (χ4v) is 2.97. The third-order valence-corrected chi connectivity index (χ3v) is 4.50. The zero-order chi connectivity index (χ0) is 20.5. The predicted octanol–water partition coefficient (Wildman–Crippen LogP) is 3.64. The number of nitrogens with one attached hydrogen (secondary N) is 3. The Labute approximate surface area is 170 Å². The van der Waals surface area contributed by atoms with Gasteiger partial charge >= 0.3 is 0 Å². The van der Waals surface area contributed by atoms with Crippen molar-refractivity contribution in [3.63, 3.8) is 0 Å². The number of hydrogen-bond acceptors (Lipinski definition) is 5. The van der Waals surface area contributed by atoms with Crippen molar-refractivity contribution < 1.29 is 19.1 Å². The molecule has 0 spiro atoms. The van der Waals surface area contributed by atoms with Gasteiger partial charge in [-0.15, -0.1) is 0 Å². The summed E-state index contributed by atoms with van der Waals surface area (Å²) >= 11 is 0. The highest BCUT2D eigenvalue weighted by molar-refractivity contribution is 5.94. The van der Waals surface area contributed by atoms with Gasteiger partial charge in [-0.3, -0.25) is 9.59 Å². The van der Waals surface area contributed by atoms with Gasteiger partial charge in [-0.1, -0.05) is 19.1 Å². The lowest BCUT2D eigenvalue weighted by Crippen LogP contribution is -2.22. The summed E-state index contributed by atoms with van der Waals surface area (Å²) in [6.07, 6.45) is 2.66. The minimum Gasteiger partial charge on any atom is -0.491 e. The Kier molecular flexibility index (Phi) is 7.47. The lowest BCUT2D eigenvalue weighted by atomic mass is 10.2. The first-order chi connectivity index (χ1) is 14.1. The molecule has 29 heavy (non-hydrogen) atoms. The first-order valence-corrected chi connectivity index (χ1v) is 9.90. The van der Waals surface area contributed by atoms with Gasteiger partial charge in [-0.25, -0.2) is 0 Å². The van der Waals surface area contributed by atoms with E-state index in [9.17, 15) is 9.59 Å². The molecule has 0 aliphatic carbocycles. The van der Waals surface area contributed by atoms with Gasteiger partial charge in [-0.05, 0) is 43.2 Å². The van der Waals surface area contributed by atoms with E-state index in [0.717, 1.165) is 25.1 Å². The van der Waals surface area contributed by atoms with Gasteiger partial charge in [0.2, 0.25) is 11.8 Å². The van der Waals surface area contributed by atoms with Crippen molar-refractivity contribution in [2.75, 3.05) is 35.7 Å². The quantitative estimate of drug-likeness (QED) is 0.601. The lowest BCUT2D eigenvalue weighted by molar-refractivity contribution is -0.116. The molecule has 1 fully saturated rings. The van der Waals surface area contributed by atoms with Crippen molar-refractivity contribution in [2.24, 2.45) is 0 Å². The molecule has 7 heteroatoms. The fourth-order valence-electron chi connectivity index (χ4n) is 2.97. The average Bonchev–Trinajstić information content (AvgIpc) is 3.25. The molecule has 1 aliphatic heterocycles. The number of ether oxygens (including phenoxy) is 2. The van der Waals surface area contributed by atoms with Gasteiger partial charge in [-0.2, -0.15) is 0 Å². The maximum Gasteiger partial charge on any atom is 0.243 e. The number of rotatable bonds is 9. The van der Waals surface area contributed by atoms with Crippen LogP contribution in [0.1, 0.15) is 26.2 Å². The number of carbonyl (C=O) groups is 2. The third kappa shape index (κ3) is 6.80. The van der Waals surface area contributed by atoms with E-state index in [1.807, 2.05) is 30.3 Å². The van der Waals surface area contributed by atoms with Gasteiger partial charge < -0.3 is 25.4 Å². The molecule has 3 rings (SSSR count). The number of anilines is 3. The van der Waals surface area contributed by atoms with E-state index in [1.54, 1.807) is 25.1 Å². The molecule has 1 aliphatic rings. The van der Waals surface area contributed by atoms with Crippen LogP contribution in [0, 0.1) is 0 Å². The molecule has 1 atom stereocenters. The number of amides is 2. The molecular weight excluding hydrogens is 370 g/mol. The summed E-state index contributed by atoms with van der Waals surface area (Å²) in [5.41, 5.74) is 2.12. The van der Waals surface area contributed by atoms with Crippen molar-refractivity contribution in [3.8, 4) is 5.75 Å². The second-order valence-electron chi connectivity index (χ2n) is 6.86. The molecule has 1 unspecified atom stereocenters. The predicted molar refractivity (Wildman–Crippen MR) is 113 cm³/mol. The molecule has 2 aromatic rings. The van der Waals surface area contributed by atoms with Crippen molar-refractivity contribution in [3.05, 3.63) is 48.5 Å². The van der Waals surface area contributed by atoms with E-state index in [1.165, 1.54) is 0 Å². The second kappa shape index (κ2) is 10.5. The molecular formula is C22H27N3O4. The van der Waals surface area contributed by atoms with Crippen molar-refractivity contribution in [1.82, 2.24) is 0 Å². The van der Waals surface area contributed by atoms with Crippen LogP contribution in [0.25, 0.3) is 0 Å². The van der Waals surface area contributed by atoms with E-state index < -0.39 is 0 Å². The number of benzene rings is 2. The first-order valence-electron chi connectivity index (χ1n) is 9.90. The Morgan fingerprint density at radius 3 is 2.52 bits per heavy atom. The Morgan fingerprint density at radius 1 is 1.03 bits per heavy atom. The van der Waals surface area contributed by atoms with Gasteiger partial charge in [0.05, 0.1) is 12.6 Å². The molecule has 1 heterocycles. The first kappa shape index (κ1) is 20.7. The Bertz CT molecular complexity index is 834. The van der Waals surface area contributed by atoms with Gasteiger partial charge in [0.25, 0.3) is 0 Å². The van der Waals surface area contributed by atoms with E-state index in [-0.39, 0.29) is 24.5 Å². The average molecular weight is 397 g/mol. The number of carbonyl (C=O) groups excluding carboxylic acids is 2. The van der Waals surface area contributed by atoms with E-state index in [2.05, 4.69) is 16.0 Å². The second-order valence-corrected chi connectivity index (χ2v) is 6.86. The Hall–Kier alpha value is -3.06. The van der Waals surface area contributed by atoms with Crippen molar-refractivity contribution >= 4 is 28.9 Å². The van der Waals surface area contributed by atoms with E-state index in [4.69, 9.17) is 9.47 Å². The summed E-state index contributed by atoms with van der Waals surface area (Å²) in [4.78, 5) is 23.8. The maximum atomic E-state index is 12.3. The summed E-state index contributed by atoms with van der Waals surface area (Å²) in [6, 6.07) is 14.6. The van der Waals surface area contributed by atoms with Crippen LogP contribution >= 0.6 is 0 Å². The van der Waals surface area contributed by atoms with Crippen LogP contribution < -0.4 is 20.7 Å². The number of hydrogen-bond donors (Lipinski definition) is 3. The van der Waals surface area contributed by atoms with Crippen LogP contribution in [0.5, 0.6) is 5.75 Å². The highest BCUT2D eigenvalue weighted by Crippen LogP contribution is 2.20. The normalized spacial score (nSPS) is 15.6. The molecule has 0 bridgehead atoms. The smallest absolute Gasteiger partial charge is 0.243 e. The van der Waals surface area contributed by atoms with Gasteiger partial charge in [0.1, 0.15) is 12.4 Å². The summed E-state index contributed by atoms with van der Waals surface area (Å²) in [5, 5.41) is 8.71. The van der Waals surface area contributed by atoms with Crippen LogP contribution in [-0.4, -0.2) is 37.7 Å². The molecule has 2 amide bonds. The summed E-state index contributed by atoms with van der Waals surface area (Å²) in [5.74, 6) is 0.469. The highest BCUT2D eigenvalue weighted by atomic mass is 16.5. The van der Waals surface area contributed by atoms with E-state index in [0.29, 0.717) is 30.2 Å². The maximum absolute atomic E-state index is 12.3. The largest absolute Gasteiger partial charge is 0.491 e. The molecule has 0 radical (unpaired) electrons. The van der Waals surface area contributed by atoms with Gasteiger partial charge in [0, 0.05) is 36.2 Å². The monoisotopic (exact) mass is 397 g/mol. The molecule has 154 valence electrons. The van der Waals surface area contributed by atoms with Crippen molar-refractivity contribution in [2.45, 2.75) is 32.3 Å². The van der Waals surface area contributed by atoms with E-state index >= 15 is 0 Å². The summed E-state index contributed by atoms with van der Waals surface area (Å²) in [7, 11) is 0. The van der Waals surface area contributed by atoms with Crippen LogP contribution in [0.2, 0.25) is 0 Å². The highest BCUT2D eigenvalue weighted by Gasteiger charge is 2.16. The summed E-state index contributed by atoms with van der Waals surface area (Å²) in [6.45, 7) is 3.21. The lowest BCUT2D eigenvalue weighted by Gasteiger charge is -2.13. The molecule has 7 nitrogen and oxygen atoms in total. The van der Waals surface area contributed by atoms with Crippen LogP contribution in [0.4, 0.5) is 17.1 Å². The minimum atomic E-state index is -0.177. The Balaban J connectivity index is 1.47. The van der Waals surface area contributed by atoms with Crippen LogP contribution in [-0.2, 0) is 14.3 Å². The Morgan fingerprint density at radius 2 is 1.76 bits per heavy atom.